The lowest BCUT2D eigenvalue weighted by Gasteiger charge is -2.16. The molecule has 0 aromatic carbocycles. The van der Waals surface area contributed by atoms with E-state index in [1.54, 1.807) is 0 Å². The van der Waals surface area contributed by atoms with Gasteiger partial charge in [0.2, 0.25) is 0 Å². The van der Waals surface area contributed by atoms with E-state index in [4.69, 9.17) is 33.2 Å². The Hall–Kier alpha value is -0.320. The predicted octanol–water partition coefficient (Wildman–Crippen LogP) is -0.523. The molecule has 8 nitrogen and oxygen atoms in total. The van der Waals surface area contributed by atoms with Gasteiger partial charge in [0.15, 0.2) is 0 Å². The van der Waals surface area contributed by atoms with Crippen LogP contribution in [0, 0.1) is 0 Å². The average molecular weight is 338 g/mol. The Morgan fingerprint density at radius 3 is 1.26 bits per heavy atom. The first kappa shape index (κ1) is 20.7. The average Bonchev–Trinajstić information content (AvgIpc) is 2.57. The van der Waals surface area contributed by atoms with Gasteiger partial charge in [0.05, 0.1) is 92.5 Å². The first-order chi connectivity index (χ1) is 11.4. The Morgan fingerprint density at radius 2 is 0.870 bits per heavy atom. The molecule has 0 spiro atoms. The summed E-state index contributed by atoms with van der Waals surface area (Å²) in [5.41, 5.74) is 0. The summed E-state index contributed by atoms with van der Waals surface area (Å²) in [5.74, 6) is 0. The quantitative estimate of drug-likeness (QED) is 0.683. The molecule has 0 aromatic rings. The number of ether oxygens (including phenoxy) is 7. The first-order valence-corrected chi connectivity index (χ1v) is 8.12. The molecular formula is C15H30O8. The van der Waals surface area contributed by atoms with Gasteiger partial charge in [-0.05, 0) is 0 Å². The minimum absolute atomic E-state index is 0.0855. The van der Waals surface area contributed by atoms with Crippen molar-refractivity contribution in [3.63, 3.8) is 0 Å². The molecule has 1 atom stereocenters. The molecule has 1 saturated heterocycles. The second-order valence-corrected chi connectivity index (χ2v) is 4.81. The van der Waals surface area contributed by atoms with Gasteiger partial charge in [0.1, 0.15) is 6.10 Å². The van der Waals surface area contributed by atoms with Crippen LogP contribution in [0.3, 0.4) is 0 Å². The van der Waals surface area contributed by atoms with Crippen molar-refractivity contribution in [1.82, 2.24) is 0 Å². The molecule has 0 radical (unpaired) electrons. The molecule has 1 N–H and O–H groups in total. The van der Waals surface area contributed by atoms with E-state index < -0.39 is 0 Å². The van der Waals surface area contributed by atoms with E-state index in [1.165, 1.54) is 0 Å². The van der Waals surface area contributed by atoms with Gasteiger partial charge in [-0.2, -0.15) is 0 Å². The standard InChI is InChI=1S/C15H30O8/c16-13-15-14-22-10-9-20-6-5-18-2-1-17-3-4-19-7-8-21-11-12-23-15/h15-16H,1-14H2. The Bertz CT molecular complexity index is 220. The monoisotopic (exact) mass is 338 g/mol. The molecule has 1 heterocycles. The number of aliphatic hydroxyl groups is 1. The van der Waals surface area contributed by atoms with Crippen molar-refractivity contribution in [2.75, 3.05) is 92.5 Å². The zero-order valence-corrected chi connectivity index (χ0v) is 13.8. The number of rotatable bonds is 1. The molecule has 0 aromatic heterocycles. The van der Waals surface area contributed by atoms with E-state index in [0.29, 0.717) is 85.9 Å². The Kier molecular flexibility index (Phi) is 14.9. The van der Waals surface area contributed by atoms with E-state index >= 15 is 0 Å². The van der Waals surface area contributed by atoms with E-state index in [9.17, 15) is 5.11 Å². The topological polar surface area (TPSA) is 84.8 Å². The molecule has 0 amide bonds. The van der Waals surface area contributed by atoms with Gasteiger partial charge in [-0.3, -0.25) is 0 Å². The van der Waals surface area contributed by atoms with E-state index in [1.807, 2.05) is 0 Å². The fourth-order valence-electron chi connectivity index (χ4n) is 1.74. The largest absolute Gasteiger partial charge is 0.394 e. The molecule has 1 rings (SSSR count). The van der Waals surface area contributed by atoms with Gasteiger partial charge in [0.25, 0.3) is 0 Å². The van der Waals surface area contributed by atoms with Crippen molar-refractivity contribution < 1.29 is 38.3 Å². The highest BCUT2D eigenvalue weighted by atomic mass is 16.6. The van der Waals surface area contributed by atoms with E-state index in [2.05, 4.69) is 0 Å². The van der Waals surface area contributed by atoms with Crippen molar-refractivity contribution in [3.05, 3.63) is 0 Å². The summed E-state index contributed by atoms with van der Waals surface area (Å²) in [6.07, 6.45) is -0.343. The van der Waals surface area contributed by atoms with Crippen LogP contribution in [-0.4, -0.2) is 104 Å². The van der Waals surface area contributed by atoms with Gasteiger partial charge >= 0.3 is 0 Å². The van der Waals surface area contributed by atoms with Crippen LogP contribution >= 0.6 is 0 Å². The van der Waals surface area contributed by atoms with Gasteiger partial charge < -0.3 is 38.3 Å². The second kappa shape index (κ2) is 16.5. The molecule has 0 aliphatic carbocycles. The number of hydrogen-bond donors (Lipinski definition) is 1. The Labute approximate surface area is 137 Å². The Morgan fingerprint density at radius 1 is 0.522 bits per heavy atom. The summed E-state index contributed by atoms with van der Waals surface area (Å²) < 4.78 is 37.7. The van der Waals surface area contributed by atoms with Crippen LogP contribution in [0.2, 0.25) is 0 Å². The van der Waals surface area contributed by atoms with Gasteiger partial charge in [-0.1, -0.05) is 0 Å². The minimum atomic E-state index is -0.343. The summed E-state index contributed by atoms with van der Waals surface area (Å²) in [5, 5.41) is 9.21. The summed E-state index contributed by atoms with van der Waals surface area (Å²) in [4.78, 5) is 0. The molecule has 138 valence electrons. The highest BCUT2D eigenvalue weighted by Crippen LogP contribution is 1.94. The van der Waals surface area contributed by atoms with Crippen LogP contribution < -0.4 is 0 Å². The molecule has 23 heavy (non-hydrogen) atoms. The van der Waals surface area contributed by atoms with Crippen molar-refractivity contribution >= 4 is 0 Å². The van der Waals surface area contributed by atoms with Gasteiger partial charge in [-0.15, -0.1) is 0 Å². The van der Waals surface area contributed by atoms with Crippen molar-refractivity contribution in [2.45, 2.75) is 6.10 Å². The molecule has 8 heteroatoms. The number of hydrogen-bond acceptors (Lipinski definition) is 8. The fraction of sp³-hybridized carbons (Fsp3) is 1.00. The third kappa shape index (κ3) is 13.8. The lowest BCUT2D eigenvalue weighted by Crippen LogP contribution is -2.26. The molecule has 1 unspecified atom stereocenters. The Balaban J connectivity index is 2.14. The first-order valence-electron chi connectivity index (χ1n) is 8.12. The predicted molar refractivity (Wildman–Crippen MR) is 81.7 cm³/mol. The van der Waals surface area contributed by atoms with Crippen LogP contribution in [0.25, 0.3) is 0 Å². The SMILES string of the molecule is OCC1COCCOCCOCCOCCOCCOCCO1. The molecular weight excluding hydrogens is 308 g/mol. The van der Waals surface area contributed by atoms with Crippen molar-refractivity contribution in [1.29, 1.82) is 0 Å². The van der Waals surface area contributed by atoms with E-state index in [0.717, 1.165) is 0 Å². The summed E-state index contributed by atoms with van der Waals surface area (Å²) in [6, 6.07) is 0. The summed E-state index contributed by atoms with van der Waals surface area (Å²) >= 11 is 0. The summed E-state index contributed by atoms with van der Waals surface area (Å²) in [6.45, 7) is 6.27. The maximum atomic E-state index is 9.21. The fourth-order valence-corrected chi connectivity index (χ4v) is 1.74. The lowest BCUT2D eigenvalue weighted by molar-refractivity contribution is -0.0697. The molecule has 1 aliphatic rings. The minimum Gasteiger partial charge on any atom is -0.394 e. The maximum Gasteiger partial charge on any atom is 0.104 e. The van der Waals surface area contributed by atoms with E-state index in [-0.39, 0.29) is 12.7 Å². The maximum absolute atomic E-state index is 9.21. The van der Waals surface area contributed by atoms with Gasteiger partial charge in [-0.25, -0.2) is 0 Å². The zero-order chi connectivity index (χ0) is 16.4. The normalized spacial score (nSPS) is 26.2. The highest BCUT2D eigenvalue weighted by molar-refractivity contribution is 4.53. The molecule has 0 saturated carbocycles. The second-order valence-electron chi connectivity index (χ2n) is 4.81. The third-order valence-corrected chi connectivity index (χ3v) is 2.95. The highest BCUT2D eigenvalue weighted by Gasteiger charge is 2.07. The van der Waals surface area contributed by atoms with Crippen LogP contribution in [0.4, 0.5) is 0 Å². The zero-order valence-electron chi connectivity index (χ0n) is 13.8. The van der Waals surface area contributed by atoms with Crippen LogP contribution in [0.15, 0.2) is 0 Å². The third-order valence-electron chi connectivity index (χ3n) is 2.95. The van der Waals surface area contributed by atoms with Gasteiger partial charge in [0, 0.05) is 0 Å². The molecule has 1 aliphatic heterocycles. The number of aliphatic hydroxyl groups excluding tert-OH is 1. The van der Waals surface area contributed by atoms with Crippen LogP contribution in [0.5, 0.6) is 0 Å². The smallest absolute Gasteiger partial charge is 0.104 e. The van der Waals surface area contributed by atoms with Crippen LogP contribution in [0.1, 0.15) is 0 Å². The lowest BCUT2D eigenvalue weighted by atomic mass is 10.4. The van der Waals surface area contributed by atoms with Crippen molar-refractivity contribution in [3.8, 4) is 0 Å². The molecule has 0 bridgehead atoms. The summed E-state index contributed by atoms with van der Waals surface area (Å²) in [7, 11) is 0. The van der Waals surface area contributed by atoms with Crippen LogP contribution in [-0.2, 0) is 33.2 Å². The van der Waals surface area contributed by atoms with Crippen molar-refractivity contribution in [2.24, 2.45) is 0 Å². The molecule has 1 fully saturated rings.